The molecule has 0 N–H and O–H groups in total. The van der Waals surface area contributed by atoms with E-state index < -0.39 is 28.0 Å². The fourth-order valence-corrected chi connectivity index (χ4v) is 43.4. The van der Waals surface area contributed by atoms with Crippen LogP contribution in [0.15, 0.2) is 132 Å². The van der Waals surface area contributed by atoms with E-state index in [-0.39, 0.29) is 0 Å². The van der Waals surface area contributed by atoms with E-state index in [1.54, 1.807) is 11.1 Å². The summed E-state index contributed by atoms with van der Waals surface area (Å²) in [4.78, 5) is 0. The van der Waals surface area contributed by atoms with Crippen molar-refractivity contribution in [2.45, 2.75) is 70.3 Å². The summed E-state index contributed by atoms with van der Waals surface area (Å²) in [5.41, 5.74) is 22.8. The van der Waals surface area contributed by atoms with Gasteiger partial charge in [-0.1, -0.05) is 0 Å². The quantitative estimate of drug-likeness (QED) is 0.146. The molecule has 1 saturated heterocycles. The predicted octanol–water partition coefficient (Wildman–Crippen LogP) is 15.0. The van der Waals surface area contributed by atoms with Crippen molar-refractivity contribution in [1.82, 2.24) is 0 Å². The van der Waals surface area contributed by atoms with Gasteiger partial charge in [-0.15, -0.1) is 0 Å². The Kier molecular flexibility index (Phi) is 8.75. The molecular weight excluding hydrogens is 831 g/mol. The van der Waals surface area contributed by atoms with Crippen LogP contribution in [-0.2, 0) is 20.0 Å². The SMILES string of the molecule is CC[Si]1(CC)C2=Cc3c(-c4ccc(C)c(-c5ccccc5)c4C)cccc3[CH]2[Hf]([CH3])([CH3])[CH]2C1=Cc1c(-c3ccc(C)c(-c4ccccc4)c3C)cccc12. The van der Waals surface area contributed by atoms with Crippen molar-refractivity contribution in [3.63, 3.8) is 0 Å². The second kappa shape index (κ2) is 13.3. The Balaban J connectivity index is 1.22. The summed E-state index contributed by atoms with van der Waals surface area (Å²) in [7, 11) is -2.02. The molecule has 268 valence electrons. The zero-order chi connectivity index (χ0) is 37.5. The summed E-state index contributed by atoms with van der Waals surface area (Å²) in [5.74, 6) is 0. The molecule has 1 aliphatic heterocycles. The van der Waals surface area contributed by atoms with Gasteiger partial charge in [-0.05, 0) is 0 Å². The Morgan fingerprint density at radius 3 is 1.26 bits per heavy atom. The Labute approximate surface area is 329 Å². The summed E-state index contributed by atoms with van der Waals surface area (Å²) < 4.78 is 6.88. The zero-order valence-corrected chi connectivity index (χ0v) is 37.9. The first-order valence-corrected chi connectivity index (χ1v) is 33.9. The number of benzene rings is 6. The molecule has 9 rings (SSSR count). The normalized spacial score (nSPS) is 18.7. The molecule has 0 spiro atoms. The van der Waals surface area contributed by atoms with Crippen LogP contribution in [0, 0.1) is 27.7 Å². The van der Waals surface area contributed by atoms with Crippen LogP contribution >= 0.6 is 0 Å². The van der Waals surface area contributed by atoms with Crippen molar-refractivity contribution in [2.24, 2.45) is 0 Å². The third-order valence-corrected chi connectivity index (χ3v) is 36.7. The maximum atomic E-state index is 2.81. The molecule has 0 amide bonds. The molecule has 0 bridgehead atoms. The fraction of sp³-hybridized carbons (Fsp3) is 0.231. The van der Waals surface area contributed by atoms with Crippen LogP contribution < -0.4 is 0 Å². The molecule has 1 fully saturated rings. The van der Waals surface area contributed by atoms with Gasteiger partial charge in [-0.3, -0.25) is 0 Å². The van der Waals surface area contributed by atoms with Gasteiger partial charge in [-0.2, -0.15) is 0 Å². The van der Waals surface area contributed by atoms with Crippen molar-refractivity contribution in [1.29, 1.82) is 0 Å². The average molecular weight is 884 g/mol. The molecule has 6 aromatic rings. The van der Waals surface area contributed by atoms with Crippen molar-refractivity contribution in [2.75, 3.05) is 0 Å². The van der Waals surface area contributed by atoms with Crippen molar-refractivity contribution in [3.8, 4) is 44.5 Å². The van der Waals surface area contributed by atoms with E-state index >= 15 is 0 Å². The van der Waals surface area contributed by atoms with Gasteiger partial charge in [0.15, 0.2) is 0 Å². The van der Waals surface area contributed by atoms with E-state index in [1.807, 2.05) is 10.4 Å². The molecular formula is C52H52HfSi. The van der Waals surface area contributed by atoms with Gasteiger partial charge < -0.3 is 0 Å². The van der Waals surface area contributed by atoms with Gasteiger partial charge >= 0.3 is 331 Å². The zero-order valence-electron chi connectivity index (χ0n) is 33.3. The number of allylic oxidation sites excluding steroid dienone is 2. The molecule has 54 heavy (non-hydrogen) atoms. The van der Waals surface area contributed by atoms with Gasteiger partial charge in [0.05, 0.1) is 0 Å². The molecule has 2 atom stereocenters. The third-order valence-electron chi connectivity index (χ3n) is 14.0. The van der Waals surface area contributed by atoms with Crippen LogP contribution in [0.1, 0.15) is 65.7 Å². The van der Waals surface area contributed by atoms with Crippen LogP contribution in [0.5, 0.6) is 0 Å². The van der Waals surface area contributed by atoms with E-state index in [2.05, 4.69) is 184 Å². The first-order valence-electron chi connectivity index (χ1n) is 20.1. The first kappa shape index (κ1) is 35.6. The van der Waals surface area contributed by atoms with Crippen LogP contribution in [-0.4, -0.2) is 8.07 Å². The van der Waals surface area contributed by atoms with Crippen LogP contribution in [0.3, 0.4) is 0 Å². The number of fused-ring (bicyclic) bond motifs is 6. The molecule has 1 heterocycles. The second-order valence-electron chi connectivity index (χ2n) is 16.9. The predicted molar refractivity (Wildman–Crippen MR) is 233 cm³/mol. The van der Waals surface area contributed by atoms with E-state index in [1.165, 1.54) is 90.0 Å². The van der Waals surface area contributed by atoms with Gasteiger partial charge in [-0.25, -0.2) is 0 Å². The molecule has 0 aromatic heterocycles. The third kappa shape index (κ3) is 5.08. The van der Waals surface area contributed by atoms with Crippen molar-refractivity contribution < 1.29 is 20.0 Å². The maximum absolute atomic E-state index is 3.20. The first-order chi connectivity index (χ1) is 26.1. The molecule has 2 unspecified atom stereocenters. The van der Waals surface area contributed by atoms with Gasteiger partial charge in [0.25, 0.3) is 0 Å². The monoisotopic (exact) mass is 884 g/mol. The summed E-state index contributed by atoms with van der Waals surface area (Å²) in [5, 5.41) is 3.73. The molecule has 6 aromatic carbocycles. The Hall–Kier alpha value is -4.11. The molecule has 0 radical (unpaired) electrons. The average Bonchev–Trinajstić information content (AvgIpc) is 3.79. The van der Waals surface area contributed by atoms with Gasteiger partial charge in [0, 0.05) is 0 Å². The summed E-state index contributed by atoms with van der Waals surface area (Å²) in [6.45, 7) is 14.3. The fourth-order valence-electron chi connectivity index (χ4n) is 11.5. The van der Waals surface area contributed by atoms with Crippen LogP contribution in [0.4, 0.5) is 0 Å². The number of aryl methyl sites for hydroxylation is 2. The topological polar surface area (TPSA) is 0 Å². The van der Waals surface area contributed by atoms with E-state index in [0.29, 0.717) is 7.35 Å². The number of hydrogen-bond acceptors (Lipinski definition) is 0. The summed E-state index contributed by atoms with van der Waals surface area (Å²) >= 11 is -3.20. The van der Waals surface area contributed by atoms with Crippen LogP contribution in [0.25, 0.3) is 56.7 Å². The molecule has 2 heteroatoms. The van der Waals surface area contributed by atoms with E-state index in [0.717, 1.165) is 0 Å². The second-order valence-corrected chi connectivity index (χ2v) is 38.9. The number of rotatable bonds is 6. The Morgan fingerprint density at radius 2 is 0.870 bits per heavy atom. The molecule has 0 nitrogen and oxygen atoms in total. The van der Waals surface area contributed by atoms with Crippen molar-refractivity contribution in [3.05, 3.63) is 176 Å². The molecule has 3 aliphatic rings. The molecule has 0 saturated carbocycles. The Bertz CT molecular complexity index is 2360. The number of hydrogen-bond donors (Lipinski definition) is 0. The molecule has 2 aliphatic carbocycles. The van der Waals surface area contributed by atoms with Gasteiger partial charge in [0.2, 0.25) is 0 Å². The van der Waals surface area contributed by atoms with Crippen molar-refractivity contribution >= 4 is 20.2 Å². The van der Waals surface area contributed by atoms with E-state index in [4.69, 9.17) is 0 Å². The Morgan fingerprint density at radius 1 is 0.463 bits per heavy atom. The summed E-state index contributed by atoms with van der Waals surface area (Å²) in [6.07, 6.45) is 5.55. The van der Waals surface area contributed by atoms with E-state index in [9.17, 15) is 0 Å². The minimum atomic E-state index is -3.20. The minimum absolute atomic E-state index is 0.626. The standard InChI is InChI=1S/C50H46Si.2CH3.Hf/c1-7-51(8-2,41-29-39-21-15-23-45(47(39)31-41)43-27-25-33(3)49(35(43)5)37-17-11-9-12-18-37)42-30-40-22-16-24-46(48(40)32-42)44-28-26-34(4)50(36(44)6)38-19-13-10-14-20-38;;;/h9-32H,7-8H2,1-6H3;2*1H3;. The van der Waals surface area contributed by atoms with Crippen LogP contribution in [0.2, 0.25) is 21.4 Å². The van der Waals surface area contributed by atoms with Gasteiger partial charge in [0.1, 0.15) is 0 Å². The summed E-state index contributed by atoms with van der Waals surface area (Å²) in [6, 6.07) is 48.7.